The molecule has 5 rings (SSSR count). The molecule has 1 atom stereocenters. The zero-order chi connectivity index (χ0) is 24.7. The lowest BCUT2D eigenvalue weighted by atomic mass is 9.94. The Hall–Kier alpha value is -4.23. The highest BCUT2D eigenvalue weighted by Gasteiger charge is 2.45. The van der Waals surface area contributed by atoms with Gasteiger partial charge in [-0.25, -0.2) is 0 Å². The van der Waals surface area contributed by atoms with Gasteiger partial charge in [0.2, 0.25) is 5.78 Å². The first kappa shape index (κ1) is 22.6. The molecule has 1 N–H and O–H groups in total. The number of hydrogen-bond donors (Lipinski definition) is 1. The van der Waals surface area contributed by atoms with Gasteiger partial charge in [0.1, 0.15) is 5.75 Å². The first-order valence-corrected chi connectivity index (χ1v) is 11.1. The number of aliphatic hydroxyl groups excluding tert-OH is 1. The molecule has 1 amide bonds. The standard InChI is InChI=1S/C27H20ClNO6/c1-33-19-10-8-15(9-11-19)23-22(25(31)27(32)29(23)18-6-4-3-5-7-18)24(30)20-13-16-12-17(28)14-21(34-2)26(16)35-20/h3-14,23,31H,1-2H3. The van der Waals surface area contributed by atoms with Gasteiger partial charge in [0.05, 0.1) is 25.8 Å². The topological polar surface area (TPSA) is 89.2 Å². The Balaban J connectivity index is 1.66. The second-order valence-electron chi connectivity index (χ2n) is 7.91. The largest absolute Gasteiger partial charge is 0.503 e. The number of ether oxygens (including phenoxy) is 2. The molecule has 0 aliphatic carbocycles. The quantitative estimate of drug-likeness (QED) is 0.340. The third kappa shape index (κ3) is 3.80. The molecule has 4 aromatic rings. The fraction of sp³-hybridized carbons (Fsp3) is 0.111. The first-order valence-electron chi connectivity index (χ1n) is 10.7. The van der Waals surface area contributed by atoms with Gasteiger partial charge in [-0.1, -0.05) is 41.9 Å². The minimum Gasteiger partial charge on any atom is -0.503 e. The van der Waals surface area contributed by atoms with Crippen LogP contribution in [0.25, 0.3) is 11.0 Å². The highest BCUT2D eigenvalue weighted by atomic mass is 35.5. The molecule has 176 valence electrons. The van der Waals surface area contributed by atoms with Crippen molar-refractivity contribution in [2.75, 3.05) is 19.1 Å². The number of methoxy groups -OCH3 is 2. The summed E-state index contributed by atoms with van der Waals surface area (Å²) in [6, 6.07) is 19.7. The number of fused-ring (bicyclic) bond motifs is 1. The maximum Gasteiger partial charge on any atom is 0.294 e. The summed E-state index contributed by atoms with van der Waals surface area (Å²) in [6.07, 6.45) is 0. The summed E-state index contributed by atoms with van der Waals surface area (Å²) >= 11 is 6.16. The number of hydrogen-bond acceptors (Lipinski definition) is 6. The normalized spacial score (nSPS) is 15.7. The van der Waals surface area contributed by atoms with Gasteiger partial charge in [0.25, 0.3) is 5.91 Å². The van der Waals surface area contributed by atoms with Crippen LogP contribution in [-0.4, -0.2) is 31.0 Å². The van der Waals surface area contributed by atoms with Crippen molar-refractivity contribution in [3.8, 4) is 11.5 Å². The zero-order valence-electron chi connectivity index (χ0n) is 18.8. The molecule has 1 aliphatic heterocycles. The van der Waals surface area contributed by atoms with Gasteiger partial charge < -0.3 is 19.0 Å². The van der Waals surface area contributed by atoms with Crippen molar-refractivity contribution in [2.45, 2.75) is 6.04 Å². The van der Waals surface area contributed by atoms with Crippen LogP contribution in [0.3, 0.4) is 0 Å². The third-order valence-electron chi connectivity index (χ3n) is 5.91. The van der Waals surface area contributed by atoms with Crippen LogP contribution >= 0.6 is 11.6 Å². The molecule has 0 fully saturated rings. The number of furan rings is 1. The minimum absolute atomic E-state index is 0.0525. The summed E-state index contributed by atoms with van der Waals surface area (Å²) in [4.78, 5) is 28.4. The van der Waals surface area contributed by atoms with E-state index in [0.717, 1.165) is 0 Å². The van der Waals surface area contributed by atoms with E-state index < -0.39 is 23.5 Å². The van der Waals surface area contributed by atoms with Gasteiger partial charge in [-0.2, -0.15) is 0 Å². The smallest absolute Gasteiger partial charge is 0.294 e. The number of para-hydroxylation sites is 1. The van der Waals surface area contributed by atoms with Crippen LogP contribution in [0.4, 0.5) is 5.69 Å². The van der Waals surface area contributed by atoms with Gasteiger partial charge in [0.15, 0.2) is 22.9 Å². The number of ketones is 1. The molecule has 35 heavy (non-hydrogen) atoms. The predicted molar refractivity (Wildman–Crippen MR) is 131 cm³/mol. The molecular weight excluding hydrogens is 470 g/mol. The summed E-state index contributed by atoms with van der Waals surface area (Å²) in [5.74, 6) is -1.01. The Morgan fingerprint density at radius 3 is 2.37 bits per heavy atom. The van der Waals surface area contributed by atoms with E-state index in [1.165, 1.54) is 18.1 Å². The van der Waals surface area contributed by atoms with E-state index in [1.807, 2.05) is 6.07 Å². The van der Waals surface area contributed by atoms with E-state index in [9.17, 15) is 14.7 Å². The van der Waals surface area contributed by atoms with Crippen molar-refractivity contribution in [2.24, 2.45) is 0 Å². The van der Waals surface area contributed by atoms with Gasteiger partial charge >= 0.3 is 0 Å². The molecule has 8 heteroatoms. The van der Waals surface area contributed by atoms with Crippen LogP contribution < -0.4 is 14.4 Å². The van der Waals surface area contributed by atoms with Gasteiger partial charge in [-0.05, 0) is 42.0 Å². The Kier molecular flexibility index (Phi) is 5.70. The van der Waals surface area contributed by atoms with Crippen molar-refractivity contribution >= 4 is 39.9 Å². The molecule has 1 aliphatic rings. The SMILES string of the molecule is COc1ccc(C2C(C(=O)c3cc4cc(Cl)cc(OC)c4o3)=C(O)C(=O)N2c2ccccc2)cc1. The molecule has 1 aromatic heterocycles. The lowest BCUT2D eigenvalue weighted by Gasteiger charge is -2.26. The summed E-state index contributed by atoms with van der Waals surface area (Å²) in [5, 5.41) is 11.9. The van der Waals surface area contributed by atoms with Crippen LogP contribution in [0, 0.1) is 0 Å². The molecule has 0 spiro atoms. The van der Waals surface area contributed by atoms with Crippen LogP contribution in [0.2, 0.25) is 5.02 Å². The van der Waals surface area contributed by atoms with Gasteiger partial charge in [-0.3, -0.25) is 14.5 Å². The molecule has 0 radical (unpaired) electrons. The zero-order valence-corrected chi connectivity index (χ0v) is 19.6. The van der Waals surface area contributed by atoms with Crippen LogP contribution in [0.5, 0.6) is 11.5 Å². The van der Waals surface area contributed by atoms with Crippen LogP contribution in [0.1, 0.15) is 22.2 Å². The van der Waals surface area contributed by atoms with E-state index >= 15 is 0 Å². The monoisotopic (exact) mass is 489 g/mol. The molecule has 7 nitrogen and oxygen atoms in total. The minimum atomic E-state index is -0.887. The van der Waals surface area contributed by atoms with Crippen molar-refractivity contribution in [1.82, 2.24) is 0 Å². The van der Waals surface area contributed by atoms with E-state index in [2.05, 4.69) is 0 Å². The summed E-state index contributed by atoms with van der Waals surface area (Å²) in [7, 11) is 3.02. The van der Waals surface area contributed by atoms with Gasteiger partial charge in [0, 0.05) is 22.2 Å². The number of benzene rings is 3. The lowest BCUT2D eigenvalue weighted by molar-refractivity contribution is -0.117. The van der Waals surface area contributed by atoms with E-state index in [1.54, 1.807) is 67.8 Å². The van der Waals surface area contributed by atoms with Crippen molar-refractivity contribution in [3.05, 3.63) is 100 Å². The summed E-state index contributed by atoms with van der Waals surface area (Å²) in [6.45, 7) is 0. The Morgan fingerprint density at radius 1 is 1.00 bits per heavy atom. The van der Waals surface area contributed by atoms with E-state index in [4.69, 9.17) is 25.5 Å². The molecule has 3 aromatic carbocycles. The van der Waals surface area contributed by atoms with Crippen LogP contribution in [0.15, 0.2) is 88.5 Å². The maximum absolute atomic E-state index is 13.8. The predicted octanol–water partition coefficient (Wildman–Crippen LogP) is 5.89. The lowest BCUT2D eigenvalue weighted by Crippen LogP contribution is -2.31. The van der Waals surface area contributed by atoms with Crippen molar-refractivity contribution in [1.29, 1.82) is 0 Å². The summed E-state index contributed by atoms with van der Waals surface area (Å²) < 4.78 is 16.4. The number of Topliss-reactive ketones (excluding diaryl/α,β-unsaturated/α-hetero) is 1. The number of halogens is 1. The molecule has 0 saturated heterocycles. The molecule has 0 bridgehead atoms. The maximum atomic E-state index is 13.8. The Morgan fingerprint density at radius 2 is 1.71 bits per heavy atom. The number of aliphatic hydroxyl groups is 1. The number of nitrogens with zero attached hydrogens (tertiary/aromatic N) is 1. The fourth-order valence-electron chi connectivity index (χ4n) is 4.28. The Labute approximate surface area is 205 Å². The third-order valence-corrected chi connectivity index (χ3v) is 6.13. The highest BCUT2D eigenvalue weighted by molar-refractivity contribution is 6.31. The number of rotatable bonds is 6. The molecule has 2 heterocycles. The fourth-order valence-corrected chi connectivity index (χ4v) is 4.49. The van der Waals surface area contributed by atoms with E-state index in [-0.39, 0.29) is 11.3 Å². The van der Waals surface area contributed by atoms with E-state index in [0.29, 0.717) is 38.7 Å². The second kappa shape index (κ2) is 8.85. The number of amides is 1. The van der Waals surface area contributed by atoms with Crippen molar-refractivity contribution in [3.63, 3.8) is 0 Å². The number of carbonyl (C=O) groups excluding carboxylic acids is 2. The average molecular weight is 490 g/mol. The average Bonchev–Trinajstić information content (AvgIpc) is 3.42. The summed E-state index contributed by atoms with van der Waals surface area (Å²) in [5.41, 5.74) is 1.40. The second-order valence-corrected chi connectivity index (χ2v) is 8.35. The molecular formula is C27H20ClNO6. The number of carbonyl (C=O) groups is 2. The van der Waals surface area contributed by atoms with Gasteiger partial charge in [-0.15, -0.1) is 0 Å². The highest BCUT2D eigenvalue weighted by Crippen LogP contribution is 2.43. The van der Waals surface area contributed by atoms with Crippen LogP contribution in [-0.2, 0) is 4.79 Å². The molecule has 1 unspecified atom stereocenters. The number of anilines is 1. The molecule has 0 saturated carbocycles. The Bertz CT molecular complexity index is 1470. The van der Waals surface area contributed by atoms with Crippen molar-refractivity contribution < 1.29 is 28.6 Å². The first-order chi connectivity index (χ1) is 16.9.